The van der Waals surface area contributed by atoms with Crippen LogP contribution < -0.4 is 11.1 Å². The van der Waals surface area contributed by atoms with Crippen LogP contribution in [0.1, 0.15) is 21.6 Å². The van der Waals surface area contributed by atoms with Crippen molar-refractivity contribution >= 4 is 23.2 Å². The van der Waals surface area contributed by atoms with Crippen molar-refractivity contribution in [3.05, 3.63) is 76.6 Å². The van der Waals surface area contributed by atoms with Crippen LogP contribution in [0.3, 0.4) is 0 Å². The molecule has 0 aliphatic heterocycles. The van der Waals surface area contributed by atoms with Gasteiger partial charge in [-0.25, -0.2) is 4.68 Å². The van der Waals surface area contributed by atoms with Crippen molar-refractivity contribution in [2.24, 2.45) is 0 Å². The van der Waals surface area contributed by atoms with Gasteiger partial charge < -0.3 is 11.1 Å². The maximum absolute atomic E-state index is 13.6. The highest BCUT2D eigenvalue weighted by atomic mass is 35.5. The van der Waals surface area contributed by atoms with Gasteiger partial charge in [-0.3, -0.25) is 4.79 Å². The number of nitrogen functional groups attached to an aromatic ring is 1. The van der Waals surface area contributed by atoms with Gasteiger partial charge in [0.1, 0.15) is 0 Å². The largest absolute Gasteiger partial charge is 0.434 e. The third kappa shape index (κ3) is 4.45. The Bertz CT molecular complexity index is 984. The Balaban J connectivity index is 1.81. The molecule has 1 heterocycles. The molecule has 0 atom stereocenters. The fraction of sp³-hybridized carbons (Fsp3) is 0.158. The van der Waals surface area contributed by atoms with Crippen molar-refractivity contribution in [1.29, 1.82) is 0 Å². The summed E-state index contributed by atoms with van der Waals surface area (Å²) in [6, 6.07) is 12.7. The van der Waals surface area contributed by atoms with E-state index < -0.39 is 23.3 Å². The number of rotatable bonds is 5. The SMILES string of the molecule is Nc1ccc(-n2ncc(C(=O)NCCc3cccc(Cl)c3)c2C(F)(F)F)cc1. The van der Waals surface area contributed by atoms with Crippen molar-refractivity contribution in [3.8, 4) is 5.69 Å². The first-order chi connectivity index (χ1) is 13.3. The van der Waals surface area contributed by atoms with Gasteiger partial charge in [0, 0.05) is 17.3 Å². The van der Waals surface area contributed by atoms with E-state index in [0.29, 0.717) is 21.8 Å². The number of hydrogen-bond donors (Lipinski definition) is 2. The van der Waals surface area contributed by atoms with Gasteiger partial charge in [-0.15, -0.1) is 0 Å². The minimum absolute atomic E-state index is 0.152. The molecule has 0 saturated heterocycles. The van der Waals surface area contributed by atoms with E-state index in [-0.39, 0.29) is 12.2 Å². The van der Waals surface area contributed by atoms with Gasteiger partial charge >= 0.3 is 6.18 Å². The lowest BCUT2D eigenvalue weighted by atomic mass is 10.1. The van der Waals surface area contributed by atoms with Crippen molar-refractivity contribution in [2.45, 2.75) is 12.6 Å². The second-order valence-corrected chi connectivity index (χ2v) is 6.48. The molecule has 9 heteroatoms. The predicted molar refractivity (Wildman–Crippen MR) is 100 cm³/mol. The average Bonchev–Trinajstić information content (AvgIpc) is 3.08. The number of aromatic nitrogens is 2. The summed E-state index contributed by atoms with van der Waals surface area (Å²) >= 11 is 5.89. The summed E-state index contributed by atoms with van der Waals surface area (Å²) in [6.45, 7) is 0.156. The zero-order chi connectivity index (χ0) is 20.3. The van der Waals surface area contributed by atoms with Gasteiger partial charge in [0.15, 0.2) is 5.69 Å². The van der Waals surface area contributed by atoms with E-state index in [0.717, 1.165) is 11.8 Å². The highest BCUT2D eigenvalue weighted by molar-refractivity contribution is 6.30. The number of halogens is 4. The minimum atomic E-state index is -4.77. The summed E-state index contributed by atoms with van der Waals surface area (Å²) in [5.41, 5.74) is 5.30. The molecule has 0 bridgehead atoms. The normalized spacial score (nSPS) is 11.4. The number of nitrogens with two attached hydrogens (primary N) is 1. The third-order valence-corrected chi connectivity index (χ3v) is 4.24. The fourth-order valence-electron chi connectivity index (χ4n) is 2.71. The van der Waals surface area contributed by atoms with E-state index in [1.165, 1.54) is 24.3 Å². The number of carbonyl (C=O) groups excluding carboxylic acids is 1. The van der Waals surface area contributed by atoms with Gasteiger partial charge in [-0.2, -0.15) is 18.3 Å². The first kappa shape index (κ1) is 19.8. The molecular formula is C19H16ClF3N4O. The standard InChI is InChI=1S/C19H16ClF3N4O/c20-13-3-1-2-12(10-13)8-9-25-18(28)16-11-26-27(17(16)19(21,22)23)15-6-4-14(24)5-7-15/h1-7,10-11H,8-9,24H2,(H,25,28). The molecule has 5 nitrogen and oxygen atoms in total. The molecule has 0 fully saturated rings. The maximum atomic E-state index is 13.6. The Labute approximate surface area is 163 Å². The van der Waals surface area contributed by atoms with E-state index >= 15 is 0 Å². The smallest absolute Gasteiger partial charge is 0.399 e. The Morgan fingerprint density at radius 1 is 1.18 bits per heavy atom. The van der Waals surface area contributed by atoms with Gasteiger partial charge in [0.05, 0.1) is 17.4 Å². The van der Waals surface area contributed by atoms with Crippen LogP contribution in [0.15, 0.2) is 54.7 Å². The number of carbonyl (C=O) groups is 1. The molecule has 3 aromatic rings. The zero-order valence-corrected chi connectivity index (χ0v) is 15.3. The molecule has 3 rings (SSSR count). The van der Waals surface area contributed by atoms with Crippen molar-refractivity contribution in [1.82, 2.24) is 15.1 Å². The second kappa shape index (κ2) is 7.93. The van der Waals surface area contributed by atoms with Crippen molar-refractivity contribution < 1.29 is 18.0 Å². The number of anilines is 1. The topological polar surface area (TPSA) is 72.9 Å². The third-order valence-electron chi connectivity index (χ3n) is 4.01. The molecular weight excluding hydrogens is 393 g/mol. The first-order valence-electron chi connectivity index (χ1n) is 8.29. The lowest BCUT2D eigenvalue weighted by Gasteiger charge is -2.13. The van der Waals surface area contributed by atoms with Gasteiger partial charge in [-0.05, 0) is 48.4 Å². The lowest BCUT2D eigenvalue weighted by Crippen LogP contribution is -2.28. The van der Waals surface area contributed by atoms with Crippen LogP contribution in [0, 0.1) is 0 Å². The first-order valence-corrected chi connectivity index (χ1v) is 8.67. The van der Waals surface area contributed by atoms with Crippen molar-refractivity contribution in [2.75, 3.05) is 12.3 Å². The van der Waals surface area contributed by atoms with E-state index in [9.17, 15) is 18.0 Å². The predicted octanol–water partition coefficient (Wildman–Crippen LogP) is 4.10. The van der Waals surface area contributed by atoms with Crippen LogP contribution in [0.5, 0.6) is 0 Å². The van der Waals surface area contributed by atoms with E-state index in [2.05, 4.69) is 10.4 Å². The quantitative estimate of drug-likeness (QED) is 0.624. The number of nitrogens with zero attached hydrogens (tertiary/aromatic N) is 2. The second-order valence-electron chi connectivity index (χ2n) is 6.04. The molecule has 2 aromatic carbocycles. The van der Waals surface area contributed by atoms with Gasteiger partial charge in [-0.1, -0.05) is 23.7 Å². The van der Waals surface area contributed by atoms with Gasteiger partial charge in [0.2, 0.25) is 0 Å². The van der Waals surface area contributed by atoms with E-state index in [1.54, 1.807) is 18.2 Å². The molecule has 1 amide bonds. The summed E-state index contributed by atoms with van der Waals surface area (Å²) in [6.07, 6.45) is -3.43. The van der Waals surface area contributed by atoms with E-state index in [1.807, 2.05) is 6.07 Å². The van der Waals surface area contributed by atoms with Crippen LogP contribution in [-0.4, -0.2) is 22.2 Å². The number of nitrogens with one attached hydrogen (secondary N) is 1. The minimum Gasteiger partial charge on any atom is -0.399 e. The Kier molecular flexibility index (Phi) is 5.60. The van der Waals surface area contributed by atoms with Crippen LogP contribution in [0.25, 0.3) is 5.69 Å². The summed E-state index contributed by atoms with van der Waals surface area (Å²) in [7, 11) is 0. The molecule has 0 radical (unpaired) electrons. The lowest BCUT2D eigenvalue weighted by molar-refractivity contribution is -0.143. The summed E-state index contributed by atoms with van der Waals surface area (Å²) in [5, 5.41) is 6.81. The molecule has 1 aromatic heterocycles. The van der Waals surface area contributed by atoms with Crippen LogP contribution in [-0.2, 0) is 12.6 Å². The highest BCUT2D eigenvalue weighted by Crippen LogP contribution is 2.33. The number of amides is 1. The average molecular weight is 409 g/mol. The summed E-state index contributed by atoms with van der Waals surface area (Å²) in [5.74, 6) is -0.851. The van der Waals surface area contributed by atoms with Crippen LogP contribution in [0.2, 0.25) is 5.02 Å². The molecule has 146 valence electrons. The van der Waals surface area contributed by atoms with E-state index in [4.69, 9.17) is 17.3 Å². The summed E-state index contributed by atoms with van der Waals surface area (Å²) in [4.78, 5) is 12.4. The number of hydrogen-bond acceptors (Lipinski definition) is 3. The molecule has 0 saturated carbocycles. The fourth-order valence-corrected chi connectivity index (χ4v) is 2.92. The summed E-state index contributed by atoms with van der Waals surface area (Å²) < 4.78 is 41.5. The molecule has 0 unspecified atom stereocenters. The van der Waals surface area contributed by atoms with Gasteiger partial charge in [0.25, 0.3) is 5.91 Å². The van der Waals surface area contributed by atoms with Crippen molar-refractivity contribution in [3.63, 3.8) is 0 Å². The monoisotopic (exact) mass is 408 g/mol. The Morgan fingerprint density at radius 2 is 1.89 bits per heavy atom. The molecule has 0 spiro atoms. The zero-order valence-electron chi connectivity index (χ0n) is 14.5. The van der Waals surface area contributed by atoms with Crippen LogP contribution in [0.4, 0.5) is 18.9 Å². The maximum Gasteiger partial charge on any atom is 0.434 e. The highest BCUT2D eigenvalue weighted by Gasteiger charge is 2.40. The molecule has 3 N–H and O–H groups in total. The number of alkyl halides is 3. The number of benzene rings is 2. The molecule has 0 aliphatic rings. The molecule has 28 heavy (non-hydrogen) atoms. The van der Waals surface area contributed by atoms with Crippen LogP contribution >= 0.6 is 11.6 Å². The molecule has 0 aliphatic carbocycles. The Hall–Kier alpha value is -3.00. The Morgan fingerprint density at radius 3 is 2.54 bits per heavy atom.